The minimum absolute atomic E-state index is 0.208. The number of hydrogen-bond acceptors (Lipinski definition) is 2. The topological polar surface area (TPSA) is 49.4 Å². The van der Waals surface area contributed by atoms with Gasteiger partial charge in [-0.3, -0.25) is 9.59 Å². The van der Waals surface area contributed by atoms with E-state index in [9.17, 15) is 9.59 Å². The van der Waals surface area contributed by atoms with Crippen molar-refractivity contribution >= 4 is 56.6 Å². The average molecular weight is 414 g/mol. The maximum absolute atomic E-state index is 12.9. The minimum atomic E-state index is -0.298. The lowest BCUT2D eigenvalue weighted by Crippen LogP contribution is -2.35. The van der Waals surface area contributed by atoms with Crippen LogP contribution in [-0.2, 0) is 0 Å². The fourth-order valence-corrected chi connectivity index (χ4v) is 3.17. The number of hydrogen-bond donors (Lipinski definition) is 1. The van der Waals surface area contributed by atoms with Gasteiger partial charge in [0.1, 0.15) is 0 Å². The first-order chi connectivity index (χ1) is 11.0. The van der Waals surface area contributed by atoms with Crippen LogP contribution in [0.15, 0.2) is 40.9 Å². The Morgan fingerprint density at radius 1 is 1.22 bits per heavy atom. The molecule has 1 aliphatic heterocycles. The van der Waals surface area contributed by atoms with Crippen molar-refractivity contribution in [1.82, 2.24) is 5.32 Å². The van der Waals surface area contributed by atoms with Gasteiger partial charge in [-0.2, -0.15) is 0 Å². The lowest BCUT2D eigenvalue weighted by atomic mass is 10.1. The molecule has 0 fully saturated rings. The lowest BCUT2D eigenvalue weighted by Gasteiger charge is -2.23. The van der Waals surface area contributed by atoms with E-state index in [1.165, 1.54) is 4.90 Å². The Morgan fingerprint density at radius 2 is 2.00 bits per heavy atom. The van der Waals surface area contributed by atoms with Crippen molar-refractivity contribution < 1.29 is 9.59 Å². The predicted molar refractivity (Wildman–Crippen MR) is 94.6 cm³/mol. The fourth-order valence-electron chi connectivity index (χ4n) is 2.44. The molecule has 0 bridgehead atoms. The van der Waals surface area contributed by atoms with Crippen LogP contribution < -0.4 is 10.2 Å². The summed E-state index contributed by atoms with van der Waals surface area (Å²) in [6.45, 7) is 0.700. The van der Waals surface area contributed by atoms with E-state index < -0.39 is 0 Å². The Balaban J connectivity index is 2.11. The van der Waals surface area contributed by atoms with Gasteiger partial charge in [-0.25, -0.2) is 0 Å². The Hall–Kier alpha value is -1.56. The zero-order chi connectivity index (χ0) is 16.6. The molecule has 0 radical (unpaired) electrons. The summed E-state index contributed by atoms with van der Waals surface area (Å²) in [5.41, 5.74) is 1.28. The van der Waals surface area contributed by atoms with Crippen LogP contribution in [0.4, 0.5) is 5.69 Å². The van der Waals surface area contributed by atoms with E-state index in [1.54, 1.807) is 36.4 Å². The van der Waals surface area contributed by atoms with Crippen molar-refractivity contribution in [2.24, 2.45) is 0 Å². The largest absolute Gasteiger partial charge is 0.350 e. The summed E-state index contributed by atoms with van der Waals surface area (Å²) in [6, 6.07) is 10.1. The maximum atomic E-state index is 12.9. The summed E-state index contributed by atoms with van der Waals surface area (Å²) >= 11 is 15.5. The Bertz CT molecular complexity index is 811. The number of nitrogens with one attached hydrogen (secondary N) is 1. The van der Waals surface area contributed by atoms with Gasteiger partial charge < -0.3 is 10.2 Å². The monoisotopic (exact) mass is 412 g/mol. The third-order valence-electron chi connectivity index (χ3n) is 3.54. The Morgan fingerprint density at radius 3 is 2.78 bits per heavy atom. The number of carbonyl (C=O) groups excluding carboxylic acids is 2. The summed E-state index contributed by atoms with van der Waals surface area (Å²) in [5, 5.41) is 3.30. The van der Waals surface area contributed by atoms with E-state index >= 15 is 0 Å². The van der Waals surface area contributed by atoms with E-state index in [0.29, 0.717) is 34.9 Å². The molecule has 0 aromatic heterocycles. The number of carbonyl (C=O) groups is 2. The predicted octanol–water partition coefficient (Wildman–Crippen LogP) is 4.15. The van der Waals surface area contributed by atoms with E-state index in [1.807, 2.05) is 0 Å². The number of fused-ring (bicyclic) bond motifs is 1. The van der Waals surface area contributed by atoms with Crippen LogP contribution in [0.3, 0.4) is 0 Å². The highest BCUT2D eigenvalue weighted by atomic mass is 79.9. The first-order valence-corrected chi connectivity index (χ1v) is 8.37. The molecule has 0 atom stereocenters. The standard InChI is InChI=1S/C16H11BrCl2N2O2/c17-9-4-5-10-13(8-9)21(7-6-20-15(10)22)16(23)11-2-1-3-12(18)14(11)19/h1-5,8H,6-7H2,(H,20,22). The van der Waals surface area contributed by atoms with E-state index in [0.717, 1.165) is 4.47 Å². The highest BCUT2D eigenvalue weighted by molar-refractivity contribution is 9.10. The van der Waals surface area contributed by atoms with Crippen LogP contribution in [0.1, 0.15) is 20.7 Å². The first-order valence-electron chi connectivity index (χ1n) is 6.82. The van der Waals surface area contributed by atoms with E-state index in [-0.39, 0.29) is 16.8 Å². The second-order valence-corrected chi connectivity index (χ2v) is 6.68. The van der Waals surface area contributed by atoms with Crippen LogP contribution in [0.2, 0.25) is 10.0 Å². The smallest absolute Gasteiger partial charge is 0.259 e. The summed E-state index contributed by atoms with van der Waals surface area (Å²) in [5.74, 6) is -0.506. The highest BCUT2D eigenvalue weighted by Crippen LogP contribution is 2.31. The van der Waals surface area contributed by atoms with Gasteiger partial charge in [0.15, 0.2) is 0 Å². The first kappa shape index (κ1) is 16.3. The van der Waals surface area contributed by atoms with Crippen LogP contribution in [0.5, 0.6) is 0 Å². The maximum Gasteiger partial charge on any atom is 0.259 e. The van der Waals surface area contributed by atoms with Gasteiger partial charge in [-0.15, -0.1) is 0 Å². The molecule has 118 valence electrons. The van der Waals surface area contributed by atoms with Gasteiger partial charge >= 0.3 is 0 Å². The fraction of sp³-hybridized carbons (Fsp3) is 0.125. The molecule has 0 spiro atoms. The van der Waals surface area contributed by atoms with Gasteiger partial charge in [0.2, 0.25) is 0 Å². The summed E-state index contributed by atoms with van der Waals surface area (Å²) in [4.78, 5) is 26.6. The average Bonchev–Trinajstić information content (AvgIpc) is 2.68. The second kappa shape index (κ2) is 6.51. The van der Waals surface area contributed by atoms with Gasteiger partial charge in [-0.1, -0.05) is 45.2 Å². The molecule has 0 aliphatic carbocycles. The molecule has 0 unspecified atom stereocenters. The molecule has 2 aromatic carbocycles. The number of halogens is 3. The summed E-state index contributed by atoms with van der Waals surface area (Å²) in [6.07, 6.45) is 0. The molecule has 2 aromatic rings. The van der Waals surface area contributed by atoms with E-state index in [2.05, 4.69) is 21.2 Å². The number of anilines is 1. The summed E-state index contributed by atoms with van der Waals surface area (Å²) < 4.78 is 0.779. The third kappa shape index (κ3) is 3.09. The molecule has 4 nitrogen and oxygen atoms in total. The number of benzene rings is 2. The van der Waals surface area contributed by atoms with Crippen molar-refractivity contribution in [2.75, 3.05) is 18.0 Å². The minimum Gasteiger partial charge on any atom is -0.350 e. The number of rotatable bonds is 1. The molecule has 7 heteroatoms. The summed E-state index contributed by atoms with van der Waals surface area (Å²) in [7, 11) is 0. The molecule has 23 heavy (non-hydrogen) atoms. The van der Waals surface area contributed by atoms with Crippen molar-refractivity contribution in [3.63, 3.8) is 0 Å². The van der Waals surface area contributed by atoms with Gasteiger partial charge in [0, 0.05) is 17.6 Å². The molecule has 3 rings (SSSR count). The number of nitrogens with zero attached hydrogens (tertiary/aromatic N) is 1. The second-order valence-electron chi connectivity index (χ2n) is 4.98. The van der Waals surface area contributed by atoms with Gasteiger partial charge in [-0.05, 0) is 30.3 Å². The SMILES string of the molecule is O=C1NCCN(C(=O)c2cccc(Cl)c2Cl)c2cc(Br)ccc21. The third-order valence-corrected chi connectivity index (χ3v) is 4.86. The molecule has 1 heterocycles. The van der Waals surface area contributed by atoms with Gasteiger partial charge in [0.25, 0.3) is 11.8 Å². The van der Waals surface area contributed by atoms with Crippen LogP contribution in [-0.4, -0.2) is 24.9 Å². The van der Waals surface area contributed by atoms with Crippen molar-refractivity contribution in [2.45, 2.75) is 0 Å². The Labute approximate surface area is 151 Å². The molecular weight excluding hydrogens is 403 g/mol. The molecule has 1 aliphatic rings. The zero-order valence-electron chi connectivity index (χ0n) is 11.8. The molecular formula is C16H11BrCl2N2O2. The Kier molecular flexibility index (Phi) is 4.62. The lowest BCUT2D eigenvalue weighted by molar-refractivity contribution is 0.0953. The molecule has 0 saturated heterocycles. The zero-order valence-corrected chi connectivity index (χ0v) is 14.9. The van der Waals surface area contributed by atoms with Crippen LogP contribution in [0.25, 0.3) is 0 Å². The van der Waals surface area contributed by atoms with Gasteiger partial charge in [0.05, 0.1) is 26.9 Å². The van der Waals surface area contributed by atoms with Crippen molar-refractivity contribution in [1.29, 1.82) is 0 Å². The van der Waals surface area contributed by atoms with Crippen LogP contribution in [0, 0.1) is 0 Å². The molecule has 1 N–H and O–H groups in total. The highest BCUT2D eigenvalue weighted by Gasteiger charge is 2.27. The van der Waals surface area contributed by atoms with Crippen LogP contribution >= 0.6 is 39.1 Å². The number of amides is 2. The molecule has 0 saturated carbocycles. The molecule has 2 amide bonds. The normalized spacial score (nSPS) is 14.0. The quantitative estimate of drug-likeness (QED) is 0.763. The van der Waals surface area contributed by atoms with E-state index in [4.69, 9.17) is 23.2 Å². The van der Waals surface area contributed by atoms with Crippen molar-refractivity contribution in [3.05, 3.63) is 62.0 Å². The van der Waals surface area contributed by atoms with Crippen molar-refractivity contribution in [3.8, 4) is 0 Å².